The van der Waals surface area contributed by atoms with Crippen LogP contribution in [0.25, 0.3) is 0 Å². The van der Waals surface area contributed by atoms with Gasteiger partial charge in [0.25, 0.3) is 0 Å². The Kier molecular flexibility index (Phi) is 21.1. The molecule has 0 heterocycles. The average Bonchev–Trinajstić information content (AvgIpc) is 2.73. The Balaban J connectivity index is 0. The summed E-state index contributed by atoms with van der Waals surface area (Å²) in [6, 6.07) is 0.938. The van der Waals surface area contributed by atoms with Crippen molar-refractivity contribution in [2.24, 2.45) is 0 Å². The lowest BCUT2D eigenvalue weighted by Crippen LogP contribution is -2.42. The second-order valence-electron chi connectivity index (χ2n) is 6.38. The Morgan fingerprint density at radius 3 is 1.39 bits per heavy atom. The summed E-state index contributed by atoms with van der Waals surface area (Å²) in [6.45, 7) is 8.44. The lowest BCUT2D eigenvalue weighted by atomic mass is 10.1. The third kappa shape index (κ3) is 16.9. The van der Waals surface area contributed by atoms with E-state index in [0.29, 0.717) is 0 Å². The molecule has 0 rings (SSSR count). The topological polar surface area (TPSA) is 71.1 Å². The van der Waals surface area contributed by atoms with Crippen molar-refractivity contribution >= 4 is 20.7 Å². The minimum Gasteiger partial charge on any atom is -0.387 e. The van der Waals surface area contributed by atoms with Crippen LogP contribution in [0.4, 0.5) is 0 Å². The highest BCUT2D eigenvalue weighted by Gasteiger charge is 2.36. The van der Waals surface area contributed by atoms with Gasteiger partial charge in [-0.05, 0) is 6.42 Å². The summed E-state index contributed by atoms with van der Waals surface area (Å²) in [5, 5.41) is 0. The van der Waals surface area contributed by atoms with Crippen molar-refractivity contribution in [2.75, 3.05) is 21.3 Å². The van der Waals surface area contributed by atoms with Gasteiger partial charge in [0.05, 0.1) is 0 Å². The zero-order chi connectivity index (χ0) is 21.7. The number of hydrogen-bond acceptors (Lipinski definition) is 6. The molecule has 0 fully saturated rings. The van der Waals surface area contributed by atoms with E-state index in [1.807, 2.05) is 0 Å². The highest BCUT2D eigenvalue weighted by Crippen LogP contribution is 2.18. The molecule has 0 aromatic heterocycles. The fraction of sp³-hybridized carbons (Fsp3) is 0.714. The summed E-state index contributed by atoms with van der Waals surface area (Å²) in [7, 11) is 2.76. The fourth-order valence-electron chi connectivity index (χ4n) is 2.57. The second kappa shape index (κ2) is 20.5. The molecule has 0 aliphatic heterocycles. The van der Waals surface area contributed by atoms with Crippen LogP contribution in [0.15, 0.2) is 25.3 Å². The largest absolute Gasteiger partial charge is 0.500 e. The zero-order valence-electron chi connectivity index (χ0n) is 18.3. The third-order valence-electron chi connectivity index (χ3n) is 4.30. The highest BCUT2D eigenvalue weighted by atomic mass is 28.4. The number of esters is 2. The smallest absolute Gasteiger partial charge is 0.387 e. The maximum atomic E-state index is 10.2. The van der Waals surface area contributed by atoms with Gasteiger partial charge >= 0.3 is 20.7 Å². The molecule has 0 aliphatic rings. The SMILES string of the molecule is C=CC(=O)OC(=O)C=C.CCCCCCCCCCCC[Si](OC)(OC)OC. The Hall–Kier alpha value is -1.28. The first-order valence-electron chi connectivity index (χ1n) is 10.1. The summed E-state index contributed by atoms with van der Waals surface area (Å²) < 4.78 is 20.3. The predicted octanol–water partition coefficient (Wildman–Crippen LogP) is 5.21. The van der Waals surface area contributed by atoms with Gasteiger partial charge in [0.1, 0.15) is 0 Å². The van der Waals surface area contributed by atoms with Crippen molar-refractivity contribution in [2.45, 2.75) is 77.2 Å². The first kappa shape index (κ1) is 28.9. The first-order valence-corrected chi connectivity index (χ1v) is 12.0. The Bertz CT molecular complexity index is 395. The van der Waals surface area contributed by atoms with Crippen molar-refractivity contribution in [3.8, 4) is 0 Å². The van der Waals surface area contributed by atoms with Crippen LogP contribution in [-0.2, 0) is 27.6 Å². The standard InChI is InChI=1S/C15H34O3Si.C6H6O3/c1-5-6-7-8-9-10-11-12-13-14-15-19(16-2,17-3)18-4;1-3-5(7)9-6(8)4-2/h5-15H2,1-4H3;3-4H,1-2H2. The Morgan fingerprint density at radius 2 is 1.07 bits per heavy atom. The van der Waals surface area contributed by atoms with Crippen LogP contribution in [-0.4, -0.2) is 42.1 Å². The molecule has 7 heteroatoms. The summed E-state index contributed by atoms with van der Waals surface area (Å²) in [5.74, 6) is -1.53. The van der Waals surface area contributed by atoms with Gasteiger partial charge in [0, 0.05) is 39.5 Å². The number of unbranched alkanes of at least 4 members (excludes halogenated alkanes) is 9. The Morgan fingerprint density at radius 1 is 0.714 bits per heavy atom. The molecule has 0 bridgehead atoms. The van der Waals surface area contributed by atoms with Gasteiger partial charge in [0.15, 0.2) is 0 Å². The maximum absolute atomic E-state index is 10.2. The molecular formula is C21H40O6Si. The van der Waals surface area contributed by atoms with Crippen LogP contribution in [0.3, 0.4) is 0 Å². The van der Waals surface area contributed by atoms with Crippen LogP contribution in [0, 0.1) is 0 Å². The van der Waals surface area contributed by atoms with Gasteiger partial charge in [0.2, 0.25) is 0 Å². The monoisotopic (exact) mass is 416 g/mol. The minimum absolute atomic E-state index is 0.764. The second-order valence-corrected chi connectivity index (χ2v) is 9.47. The number of carbonyl (C=O) groups is 2. The third-order valence-corrected chi connectivity index (χ3v) is 7.14. The molecule has 164 valence electrons. The van der Waals surface area contributed by atoms with E-state index in [0.717, 1.165) is 24.6 Å². The van der Waals surface area contributed by atoms with Gasteiger partial charge in [-0.3, -0.25) is 0 Å². The van der Waals surface area contributed by atoms with Crippen LogP contribution in [0.1, 0.15) is 71.1 Å². The molecule has 0 aromatic carbocycles. The van der Waals surface area contributed by atoms with Crippen molar-refractivity contribution < 1.29 is 27.6 Å². The molecule has 0 atom stereocenters. The van der Waals surface area contributed by atoms with Crippen LogP contribution < -0.4 is 0 Å². The fourth-order valence-corrected chi connectivity index (χ4v) is 4.36. The molecule has 28 heavy (non-hydrogen) atoms. The van der Waals surface area contributed by atoms with Crippen molar-refractivity contribution in [3.63, 3.8) is 0 Å². The molecule has 0 saturated heterocycles. The molecule has 0 spiro atoms. The molecule has 0 radical (unpaired) electrons. The van der Waals surface area contributed by atoms with Gasteiger partial charge in [-0.2, -0.15) is 0 Å². The molecule has 0 amide bonds. The molecule has 0 aromatic rings. The highest BCUT2D eigenvalue weighted by molar-refractivity contribution is 6.60. The van der Waals surface area contributed by atoms with Gasteiger partial charge < -0.3 is 18.0 Å². The molecular weight excluding hydrogens is 376 g/mol. The summed E-state index contributed by atoms with van der Waals surface area (Å²) >= 11 is 0. The normalized spacial score (nSPS) is 10.6. The lowest BCUT2D eigenvalue weighted by molar-refractivity contribution is -0.152. The van der Waals surface area contributed by atoms with Crippen LogP contribution in [0.5, 0.6) is 0 Å². The van der Waals surface area contributed by atoms with Gasteiger partial charge in [-0.15, -0.1) is 0 Å². The van der Waals surface area contributed by atoms with E-state index in [4.69, 9.17) is 13.3 Å². The number of hydrogen-bond donors (Lipinski definition) is 0. The van der Waals surface area contributed by atoms with Crippen LogP contribution >= 0.6 is 0 Å². The van der Waals surface area contributed by atoms with Crippen molar-refractivity contribution in [3.05, 3.63) is 25.3 Å². The van der Waals surface area contributed by atoms with E-state index >= 15 is 0 Å². The maximum Gasteiger partial charge on any atom is 0.500 e. The summed E-state index contributed by atoms with van der Waals surface area (Å²) in [4.78, 5) is 20.3. The quantitative estimate of drug-likeness (QED) is 0.113. The van der Waals surface area contributed by atoms with Crippen molar-refractivity contribution in [1.29, 1.82) is 0 Å². The van der Waals surface area contributed by atoms with E-state index in [-0.39, 0.29) is 0 Å². The predicted molar refractivity (Wildman–Crippen MR) is 115 cm³/mol. The summed E-state index contributed by atoms with van der Waals surface area (Å²) in [6.07, 6.45) is 15.3. The van der Waals surface area contributed by atoms with Crippen molar-refractivity contribution in [1.82, 2.24) is 0 Å². The van der Waals surface area contributed by atoms with E-state index in [2.05, 4.69) is 24.8 Å². The van der Waals surface area contributed by atoms with E-state index < -0.39 is 20.7 Å². The van der Waals surface area contributed by atoms with Gasteiger partial charge in [-0.25, -0.2) is 9.59 Å². The molecule has 0 unspecified atom stereocenters. The molecule has 0 N–H and O–H groups in total. The lowest BCUT2D eigenvalue weighted by Gasteiger charge is -2.24. The molecule has 0 saturated carbocycles. The first-order chi connectivity index (χ1) is 13.4. The minimum atomic E-state index is -2.31. The molecule has 0 aliphatic carbocycles. The van der Waals surface area contributed by atoms with E-state index in [1.165, 1.54) is 57.8 Å². The number of rotatable bonds is 16. The van der Waals surface area contributed by atoms with E-state index in [9.17, 15) is 9.59 Å². The zero-order valence-corrected chi connectivity index (χ0v) is 19.3. The number of carbonyl (C=O) groups excluding carboxylic acids is 2. The van der Waals surface area contributed by atoms with Crippen LogP contribution in [0.2, 0.25) is 6.04 Å². The number of ether oxygens (including phenoxy) is 1. The molecule has 6 nitrogen and oxygen atoms in total. The average molecular weight is 417 g/mol. The van der Waals surface area contributed by atoms with Gasteiger partial charge in [-0.1, -0.05) is 77.9 Å². The Labute approximate surface area is 172 Å². The van der Waals surface area contributed by atoms with E-state index in [1.54, 1.807) is 21.3 Å². The summed E-state index contributed by atoms with van der Waals surface area (Å²) in [5.41, 5.74) is 0.